The average molecular weight is 289 g/mol. The minimum Gasteiger partial charge on any atom is -0.342 e. The standard InChI is InChI=1S/C15H19N3O3/c1-11-7-12(2)9-13(8-11)16-14(20)15(21)18-5-3-17(10-19)4-6-18/h7-10H,3-6H2,1-2H3,(H,16,20). The molecule has 1 heterocycles. The quantitative estimate of drug-likeness (QED) is 0.638. The van der Waals surface area contributed by atoms with Crippen LogP contribution in [0.3, 0.4) is 0 Å². The summed E-state index contributed by atoms with van der Waals surface area (Å²) in [7, 11) is 0. The average Bonchev–Trinajstić information content (AvgIpc) is 2.45. The van der Waals surface area contributed by atoms with Crippen molar-refractivity contribution >= 4 is 23.9 Å². The summed E-state index contributed by atoms with van der Waals surface area (Å²) < 4.78 is 0. The van der Waals surface area contributed by atoms with Crippen LogP contribution in [0.25, 0.3) is 0 Å². The van der Waals surface area contributed by atoms with Gasteiger partial charge in [-0.1, -0.05) is 6.07 Å². The fourth-order valence-corrected chi connectivity index (χ4v) is 2.41. The summed E-state index contributed by atoms with van der Waals surface area (Å²) in [6.45, 7) is 5.57. The molecule has 1 aromatic carbocycles. The van der Waals surface area contributed by atoms with Crippen LogP contribution < -0.4 is 5.32 Å². The van der Waals surface area contributed by atoms with Crippen molar-refractivity contribution in [3.8, 4) is 0 Å². The van der Waals surface area contributed by atoms with Gasteiger partial charge in [0.2, 0.25) is 6.41 Å². The summed E-state index contributed by atoms with van der Waals surface area (Å²) in [4.78, 5) is 37.8. The number of carbonyl (C=O) groups excluding carboxylic acids is 3. The number of rotatable bonds is 2. The molecule has 112 valence electrons. The molecular formula is C15H19N3O3. The number of nitrogens with one attached hydrogen (secondary N) is 1. The number of hydrogen-bond donors (Lipinski definition) is 1. The molecule has 1 aliphatic heterocycles. The van der Waals surface area contributed by atoms with Gasteiger partial charge in [0.05, 0.1) is 0 Å². The molecule has 0 bridgehead atoms. The smallest absolute Gasteiger partial charge is 0.313 e. The Labute approximate surface area is 123 Å². The SMILES string of the molecule is Cc1cc(C)cc(NC(=O)C(=O)N2CCN(C=O)CC2)c1. The molecule has 3 amide bonds. The molecule has 0 atom stereocenters. The number of nitrogens with zero attached hydrogens (tertiary/aromatic N) is 2. The van der Waals surface area contributed by atoms with E-state index >= 15 is 0 Å². The largest absolute Gasteiger partial charge is 0.342 e. The van der Waals surface area contributed by atoms with E-state index in [-0.39, 0.29) is 0 Å². The second kappa shape index (κ2) is 6.39. The van der Waals surface area contributed by atoms with Gasteiger partial charge in [0.25, 0.3) is 0 Å². The van der Waals surface area contributed by atoms with Crippen molar-refractivity contribution in [2.75, 3.05) is 31.5 Å². The number of piperazine rings is 1. The number of benzene rings is 1. The third kappa shape index (κ3) is 3.81. The van der Waals surface area contributed by atoms with Crippen molar-refractivity contribution in [2.45, 2.75) is 13.8 Å². The van der Waals surface area contributed by atoms with Gasteiger partial charge in [0, 0.05) is 31.9 Å². The summed E-state index contributed by atoms with van der Waals surface area (Å²) in [6, 6.07) is 5.64. The molecule has 6 heteroatoms. The van der Waals surface area contributed by atoms with E-state index in [2.05, 4.69) is 5.32 Å². The molecule has 0 aliphatic carbocycles. The van der Waals surface area contributed by atoms with E-state index in [1.54, 1.807) is 4.90 Å². The zero-order valence-corrected chi connectivity index (χ0v) is 12.3. The van der Waals surface area contributed by atoms with Crippen molar-refractivity contribution < 1.29 is 14.4 Å². The van der Waals surface area contributed by atoms with Crippen molar-refractivity contribution in [1.29, 1.82) is 0 Å². The molecule has 0 saturated carbocycles. The van der Waals surface area contributed by atoms with Gasteiger partial charge < -0.3 is 15.1 Å². The van der Waals surface area contributed by atoms with Gasteiger partial charge in [-0.05, 0) is 37.1 Å². The number of anilines is 1. The third-order valence-corrected chi connectivity index (χ3v) is 3.42. The molecule has 6 nitrogen and oxygen atoms in total. The van der Waals surface area contributed by atoms with Crippen LogP contribution >= 0.6 is 0 Å². The van der Waals surface area contributed by atoms with E-state index in [9.17, 15) is 14.4 Å². The van der Waals surface area contributed by atoms with Crippen LogP contribution in [0.1, 0.15) is 11.1 Å². The highest BCUT2D eigenvalue weighted by molar-refractivity contribution is 6.39. The number of aryl methyl sites for hydroxylation is 2. The van der Waals surface area contributed by atoms with Crippen LogP contribution in [-0.4, -0.2) is 54.2 Å². The molecule has 21 heavy (non-hydrogen) atoms. The van der Waals surface area contributed by atoms with Crippen LogP contribution in [-0.2, 0) is 14.4 Å². The van der Waals surface area contributed by atoms with Crippen molar-refractivity contribution in [3.05, 3.63) is 29.3 Å². The molecule has 2 rings (SSSR count). The van der Waals surface area contributed by atoms with Crippen molar-refractivity contribution in [1.82, 2.24) is 9.80 Å². The Morgan fingerprint density at radius 2 is 1.62 bits per heavy atom. The molecule has 1 aromatic rings. The molecule has 0 unspecified atom stereocenters. The topological polar surface area (TPSA) is 69.7 Å². The predicted octanol–water partition coefficient (Wildman–Crippen LogP) is 0.543. The van der Waals surface area contributed by atoms with Crippen LogP contribution in [0.5, 0.6) is 0 Å². The first kappa shape index (κ1) is 15.0. The van der Waals surface area contributed by atoms with Gasteiger partial charge >= 0.3 is 11.8 Å². The third-order valence-electron chi connectivity index (χ3n) is 3.42. The minimum absolute atomic E-state index is 0.387. The summed E-state index contributed by atoms with van der Waals surface area (Å²) >= 11 is 0. The number of carbonyl (C=O) groups is 3. The van der Waals surface area contributed by atoms with E-state index in [1.807, 2.05) is 32.0 Å². The maximum absolute atomic E-state index is 12.1. The van der Waals surface area contributed by atoms with E-state index in [0.29, 0.717) is 31.9 Å². The lowest BCUT2D eigenvalue weighted by Crippen LogP contribution is -2.51. The maximum atomic E-state index is 12.1. The lowest BCUT2D eigenvalue weighted by atomic mass is 10.1. The molecule has 1 aliphatic rings. The normalized spacial score (nSPS) is 14.8. The first-order valence-electron chi connectivity index (χ1n) is 6.87. The predicted molar refractivity (Wildman–Crippen MR) is 78.8 cm³/mol. The highest BCUT2D eigenvalue weighted by Crippen LogP contribution is 2.14. The first-order chi connectivity index (χ1) is 9.99. The van der Waals surface area contributed by atoms with Crippen molar-refractivity contribution in [2.24, 2.45) is 0 Å². The summed E-state index contributed by atoms with van der Waals surface area (Å²) in [5.74, 6) is -1.20. The van der Waals surface area contributed by atoms with Crippen LogP contribution in [0.4, 0.5) is 5.69 Å². The van der Waals surface area contributed by atoms with Crippen LogP contribution in [0.2, 0.25) is 0 Å². The lowest BCUT2D eigenvalue weighted by Gasteiger charge is -2.32. The molecule has 1 saturated heterocycles. The minimum atomic E-state index is -0.639. The van der Waals surface area contributed by atoms with Gasteiger partial charge in [-0.15, -0.1) is 0 Å². The highest BCUT2D eigenvalue weighted by atomic mass is 16.2. The van der Waals surface area contributed by atoms with Crippen LogP contribution in [0, 0.1) is 13.8 Å². The number of amides is 3. The van der Waals surface area contributed by atoms with E-state index in [0.717, 1.165) is 17.5 Å². The molecule has 0 spiro atoms. The highest BCUT2D eigenvalue weighted by Gasteiger charge is 2.25. The zero-order valence-electron chi connectivity index (χ0n) is 12.3. The first-order valence-corrected chi connectivity index (χ1v) is 6.87. The lowest BCUT2D eigenvalue weighted by molar-refractivity contribution is -0.144. The Kier molecular flexibility index (Phi) is 4.57. The van der Waals surface area contributed by atoms with Crippen molar-refractivity contribution in [3.63, 3.8) is 0 Å². The summed E-state index contributed by atoms with van der Waals surface area (Å²) in [5, 5.41) is 2.63. The fourth-order valence-electron chi connectivity index (χ4n) is 2.41. The fraction of sp³-hybridized carbons (Fsp3) is 0.400. The maximum Gasteiger partial charge on any atom is 0.313 e. The summed E-state index contributed by atoms with van der Waals surface area (Å²) in [6.07, 6.45) is 0.761. The van der Waals surface area contributed by atoms with Gasteiger partial charge in [-0.3, -0.25) is 14.4 Å². The van der Waals surface area contributed by atoms with Crippen LogP contribution in [0.15, 0.2) is 18.2 Å². The van der Waals surface area contributed by atoms with Gasteiger partial charge in [-0.25, -0.2) is 0 Å². The molecule has 0 radical (unpaired) electrons. The van der Waals surface area contributed by atoms with Gasteiger partial charge in [0.1, 0.15) is 0 Å². The van der Waals surface area contributed by atoms with E-state index < -0.39 is 11.8 Å². The van der Waals surface area contributed by atoms with E-state index in [1.165, 1.54) is 4.90 Å². The number of hydrogen-bond acceptors (Lipinski definition) is 3. The Morgan fingerprint density at radius 1 is 1.05 bits per heavy atom. The zero-order chi connectivity index (χ0) is 15.4. The second-order valence-corrected chi connectivity index (χ2v) is 5.26. The Balaban J connectivity index is 1.97. The van der Waals surface area contributed by atoms with Gasteiger partial charge in [0.15, 0.2) is 0 Å². The Morgan fingerprint density at radius 3 is 2.14 bits per heavy atom. The second-order valence-electron chi connectivity index (χ2n) is 5.26. The summed E-state index contributed by atoms with van der Waals surface area (Å²) in [5.41, 5.74) is 2.67. The Bertz CT molecular complexity index is 543. The monoisotopic (exact) mass is 289 g/mol. The molecule has 0 aromatic heterocycles. The van der Waals surface area contributed by atoms with E-state index in [4.69, 9.17) is 0 Å². The van der Waals surface area contributed by atoms with Gasteiger partial charge in [-0.2, -0.15) is 0 Å². The molecule has 1 fully saturated rings. The molecule has 1 N–H and O–H groups in total. The molecular weight excluding hydrogens is 270 g/mol. The Hall–Kier alpha value is -2.37.